The van der Waals surface area contributed by atoms with E-state index in [1.807, 2.05) is 0 Å². The number of fused-ring (bicyclic) bond motifs is 2. The van der Waals surface area contributed by atoms with E-state index in [2.05, 4.69) is 14.8 Å². The Morgan fingerprint density at radius 3 is 2.70 bits per heavy atom. The smallest absolute Gasteiger partial charge is 0.313 e. The van der Waals surface area contributed by atoms with Crippen LogP contribution in [0.2, 0.25) is 0 Å². The van der Waals surface area contributed by atoms with Crippen LogP contribution in [0, 0.1) is 11.8 Å². The number of carbonyl (C=O) groups is 1. The van der Waals surface area contributed by atoms with Gasteiger partial charge >= 0.3 is 5.97 Å². The molecule has 3 saturated carbocycles. The summed E-state index contributed by atoms with van der Waals surface area (Å²) in [5.41, 5.74) is 0. The molecule has 0 aliphatic heterocycles. The Balaban J connectivity index is 1.64. The van der Waals surface area contributed by atoms with E-state index in [0.29, 0.717) is 12.0 Å². The van der Waals surface area contributed by atoms with Crippen molar-refractivity contribution in [2.24, 2.45) is 11.8 Å². The van der Waals surface area contributed by atoms with Crippen LogP contribution in [0.5, 0.6) is 0 Å². The van der Waals surface area contributed by atoms with Crippen LogP contribution in [-0.4, -0.2) is 31.6 Å². The molecule has 5 nitrogen and oxygen atoms in total. The average Bonchev–Trinajstić information content (AvgIpc) is 2.88. The minimum Gasteiger partial charge on any atom is -0.481 e. The Morgan fingerprint density at radius 2 is 2.10 bits per heavy atom. The summed E-state index contributed by atoms with van der Waals surface area (Å²) < 4.78 is 2.31. The van der Waals surface area contributed by atoms with Gasteiger partial charge in [-0.3, -0.25) is 4.79 Å². The highest BCUT2D eigenvalue weighted by Gasteiger charge is 2.43. The third-order valence-corrected chi connectivity index (χ3v) is 5.92. The molecular formula is C14H19N3O2S. The number of carboxylic acid groups (broad SMARTS) is 1. The first-order chi connectivity index (χ1) is 9.72. The first-order valence-electron chi connectivity index (χ1n) is 7.51. The van der Waals surface area contributed by atoms with Crippen LogP contribution in [0.1, 0.15) is 56.3 Å². The van der Waals surface area contributed by atoms with Gasteiger partial charge in [-0.05, 0) is 43.9 Å². The lowest BCUT2D eigenvalue weighted by Crippen LogP contribution is -2.19. The van der Waals surface area contributed by atoms with E-state index in [1.54, 1.807) is 0 Å². The molecule has 108 valence electrons. The van der Waals surface area contributed by atoms with Crippen molar-refractivity contribution in [1.82, 2.24) is 14.8 Å². The summed E-state index contributed by atoms with van der Waals surface area (Å²) in [6.45, 7) is 0. The summed E-state index contributed by atoms with van der Waals surface area (Å²) in [5.74, 6) is 2.61. The van der Waals surface area contributed by atoms with E-state index in [-0.39, 0.29) is 5.75 Å². The minimum atomic E-state index is -0.787. The van der Waals surface area contributed by atoms with E-state index in [9.17, 15) is 4.79 Å². The molecule has 4 rings (SSSR count). The molecule has 0 radical (unpaired) electrons. The fraction of sp³-hybridized carbons (Fsp3) is 0.786. The normalized spacial score (nSPS) is 31.9. The van der Waals surface area contributed by atoms with Crippen molar-refractivity contribution in [1.29, 1.82) is 0 Å². The Hall–Kier alpha value is -1.04. The second-order valence-electron chi connectivity index (χ2n) is 6.41. The lowest BCUT2D eigenvalue weighted by atomic mass is 9.95. The van der Waals surface area contributed by atoms with Gasteiger partial charge in [-0.1, -0.05) is 18.2 Å². The number of rotatable bonds is 5. The highest BCUT2D eigenvalue weighted by Crippen LogP contribution is 2.53. The molecule has 3 unspecified atom stereocenters. The van der Waals surface area contributed by atoms with Crippen LogP contribution in [0.15, 0.2) is 5.16 Å². The first-order valence-corrected chi connectivity index (χ1v) is 8.50. The summed E-state index contributed by atoms with van der Waals surface area (Å²) in [5, 5.41) is 18.4. The van der Waals surface area contributed by atoms with Gasteiger partial charge in [-0.15, -0.1) is 10.2 Å². The molecule has 20 heavy (non-hydrogen) atoms. The number of aliphatic carboxylic acids is 1. The predicted molar refractivity (Wildman–Crippen MR) is 74.8 cm³/mol. The van der Waals surface area contributed by atoms with Crippen molar-refractivity contribution in [2.45, 2.75) is 55.6 Å². The van der Waals surface area contributed by atoms with E-state index < -0.39 is 5.97 Å². The molecule has 1 heterocycles. The van der Waals surface area contributed by atoms with Gasteiger partial charge in [0.2, 0.25) is 0 Å². The topological polar surface area (TPSA) is 68.0 Å². The molecule has 0 saturated heterocycles. The van der Waals surface area contributed by atoms with Crippen LogP contribution in [-0.2, 0) is 4.79 Å². The molecule has 3 aliphatic rings. The van der Waals surface area contributed by atoms with Gasteiger partial charge in [0, 0.05) is 12.0 Å². The van der Waals surface area contributed by atoms with E-state index >= 15 is 0 Å². The lowest BCUT2D eigenvalue weighted by molar-refractivity contribution is -0.133. The predicted octanol–water partition coefficient (Wildman–Crippen LogP) is 2.69. The zero-order chi connectivity index (χ0) is 13.7. The maximum atomic E-state index is 10.8. The number of nitrogens with zero attached hydrogens (tertiary/aromatic N) is 3. The molecule has 3 atom stereocenters. The van der Waals surface area contributed by atoms with Gasteiger partial charge in [0.25, 0.3) is 0 Å². The monoisotopic (exact) mass is 293 g/mol. The third kappa shape index (κ3) is 2.14. The van der Waals surface area contributed by atoms with Gasteiger partial charge in [0.1, 0.15) is 5.82 Å². The van der Waals surface area contributed by atoms with Gasteiger partial charge in [0.05, 0.1) is 5.75 Å². The van der Waals surface area contributed by atoms with E-state index in [0.717, 1.165) is 22.8 Å². The molecule has 1 N–H and O–H groups in total. The van der Waals surface area contributed by atoms with Crippen LogP contribution in [0.4, 0.5) is 0 Å². The van der Waals surface area contributed by atoms with Gasteiger partial charge < -0.3 is 9.67 Å². The number of carboxylic acids is 1. The van der Waals surface area contributed by atoms with Crippen molar-refractivity contribution < 1.29 is 9.90 Å². The molecule has 3 fully saturated rings. The fourth-order valence-corrected chi connectivity index (χ4v) is 4.69. The van der Waals surface area contributed by atoms with Crippen molar-refractivity contribution >= 4 is 17.7 Å². The molecule has 2 bridgehead atoms. The Labute approximate surface area is 122 Å². The van der Waals surface area contributed by atoms with Gasteiger partial charge in [0.15, 0.2) is 5.16 Å². The maximum absolute atomic E-state index is 10.8. The fourth-order valence-electron chi connectivity index (χ4n) is 3.97. The highest BCUT2D eigenvalue weighted by molar-refractivity contribution is 7.99. The molecule has 1 aromatic heterocycles. The zero-order valence-electron chi connectivity index (χ0n) is 11.4. The molecule has 1 aromatic rings. The quantitative estimate of drug-likeness (QED) is 0.845. The van der Waals surface area contributed by atoms with Gasteiger partial charge in [-0.25, -0.2) is 0 Å². The van der Waals surface area contributed by atoms with Crippen LogP contribution < -0.4 is 0 Å². The first kappa shape index (κ1) is 12.7. The number of hydrogen-bond acceptors (Lipinski definition) is 4. The number of aromatic nitrogens is 3. The molecule has 0 amide bonds. The molecule has 3 aliphatic carbocycles. The second kappa shape index (κ2) is 4.76. The van der Waals surface area contributed by atoms with Crippen LogP contribution >= 0.6 is 11.8 Å². The molecular weight excluding hydrogens is 274 g/mol. The number of hydrogen-bond donors (Lipinski definition) is 1. The molecule has 0 spiro atoms. The second-order valence-corrected chi connectivity index (χ2v) is 7.35. The van der Waals surface area contributed by atoms with Crippen molar-refractivity contribution in [3.05, 3.63) is 5.82 Å². The average molecular weight is 293 g/mol. The Kier molecular flexibility index (Phi) is 3.02. The van der Waals surface area contributed by atoms with E-state index in [4.69, 9.17) is 5.11 Å². The standard InChI is InChI=1S/C14H19N3O2S/c18-12(19)7-20-14-16-15-13(9-3-4-9)17(14)11-6-8-1-2-10(11)5-8/h8-11H,1-7H2,(H,18,19). The summed E-state index contributed by atoms with van der Waals surface area (Å²) in [6, 6.07) is 0.524. The van der Waals surface area contributed by atoms with E-state index in [1.165, 1.54) is 50.3 Å². The van der Waals surface area contributed by atoms with Crippen LogP contribution in [0.25, 0.3) is 0 Å². The van der Waals surface area contributed by atoms with Crippen molar-refractivity contribution in [3.63, 3.8) is 0 Å². The third-order valence-electron chi connectivity index (χ3n) is 4.99. The summed E-state index contributed by atoms with van der Waals surface area (Å²) in [7, 11) is 0. The lowest BCUT2D eigenvalue weighted by Gasteiger charge is -2.25. The molecule has 6 heteroatoms. The van der Waals surface area contributed by atoms with Crippen LogP contribution in [0.3, 0.4) is 0 Å². The molecule has 0 aromatic carbocycles. The highest BCUT2D eigenvalue weighted by atomic mass is 32.2. The van der Waals surface area contributed by atoms with Gasteiger partial charge in [-0.2, -0.15) is 0 Å². The Morgan fingerprint density at radius 1 is 1.25 bits per heavy atom. The summed E-state index contributed by atoms with van der Waals surface area (Å²) in [6.07, 6.45) is 7.70. The van der Waals surface area contributed by atoms with Crippen molar-refractivity contribution in [2.75, 3.05) is 5.75 Å². The summed E-state index contributed by atoms with van der Waals surface area (Å²) in [4.78, 5) is 10.8. The number of thioether (sulfide) groups is 1. The zero-order valence-corrected chi connectivity index (χ0v) is 12.2. The van der Waals surface area contributed by atoms with Crippen molar-refractivity contribution in [3.8, 4) is 0 Å². The SMILES string of the molecule is O=C(O)CSc1nnc(C2CC2)n1C1CC2CCC1C2. The Bertz CT molecular complexity index is 541. The maximum Gasteiger partial charge on any atom is 0.313 e. The minimum absolute atomic E-state index is 0.0730. The summed E-state index contributed by atoms with van der Waals surface area (Å²) >= 11 is 1.33. The largest absolute Gasteiger partial charge is 0.481 e.